The lowest BCUT2D eigenvalue weighted by Crippen LogP contribution is -2.56. The second-order valence-electron chi connectivity index (χ2n) is 5.61. The number of hydrogen-bond donors (Lipinski definition) is 3. The molecule has 1 aromatic carbocycles. The number of anilines is 1. The summed E-state index contributed by atoms with van der Waals surface area (Å²) in [5.74, 6) is -2.79. The Kier molecular flexibility index (Phi) is 3.09. The van der Waals surface area contributed by atoms with Gasteiger partial charge in [-0.3, -0.25) is 5.41 Å². The molecule has 1 saturated carbocycles. The standard InChI is InChI=1S/C15H15F2N5/c16-15(17)7-14(8-15,12(18)19)11-3-1-9(2-4-11)10-5-21-13(20)22-6-10/h1-6H,7-8H2,(H3,18,19)(H2,20,21,22). The summed E-state index contributed by atoms with van der Waals surface area (Å²) < 4.78 is 26.6. The zero-order valence-electron chi connectivity index (χ0n) is 11.7. The van der Waals surface area contributed by atoms with Gasteiger partial charge < -0.3 is 11.5 Å². The second kappa shape index (κ2) is 4.72. The minimum absolute atomic E-state index is 0.188. The van der Waals surface area contributed by atoms with Crippen molar-refractivity contribution in [1.82, 2.24) is 9.97 Å². The largest absolute Gasteiger partial charge is 0.387 e. The van der Waals surface area contributed by atoms with E-state index in [1.807, 2.05) is 0 Å². The lowest BCUT2D eigenvalue weighted by Gasteiger charge is -2.46. The van der Waals surface area contributed by atoms with Crippen LogP contribution in [0.1, 0.15) is 18.4 Å². The summed E-state index contributed by atoms with van der Waals surface area (Å²) in [5, 5.41) is 7.67. The molecular formula is C15H15F2N5. The highest BCUT2D eigenvalue weighted by molar-refractivity contribution is 5.90. The van der Waals surface area contributed by atoms with E-state index in [0.29, 0.717) is 5.56 Å². The van der Waals surface area contributed by atoms with E-state index in [1.54, 1.807) is 36.7 Å². The van der Waals surface area contributed by atoms with E-state index in [2.05, 4.69) is 9.97 Å². The van der Waals surface area contributed by atoms with Gasteiger partial charge in [0.1, 0.15) is 5.84 Å². The summed E-state index contributed by atoms with van der Waals surface area (Å²) >= 11 is 0. The highest BCUT2D eigenvalue weighted by Gasteiger charge is 2.59. The maximum absolute atomic E-state index is 13.3. The molecule has 0 saturated heterocycles. The molecule has 0 aliphatic heterocycles. The number of benzene rings is 1. The molecule has 0 radical (unpaired) electrons. The number of nitrogens with zero attached hydrogens (tertiary/aromatic N) is 2. The van der Waals surface area contributed by atoms with E-state index in [4.69, 9.17) is 16.9 Å². The van der Waals surface area contributed by atoms with E-state index >= 15 is 0 Å². The molecule has 114 valence electrons. The van der Waals surface area contributed by atoms with E-state index in [1.165, 1.54) is 0 Å². The molecule has 0 amide bonds. The third-order valence-corrected chi connectivity index (χ3v) is 4.08. The molecule has 1 heterocycles. The molecule has 0 unspecified atom stereocenters. The minimum atomic E-state index is -2.75. The number of amidine groups is 1. The SMILES string of the molecule is N=C(N)C1(c2ccc(-c3cnc(N)nc3)cc2)CC(F)(F)C1. The van der Waals surface area contributed by atoms with Crippen molar-refractivity contribution in [1.29, 1.82) is 5.41 Å². The van der Waals surface area contributed by atoms with Crippen LogP contribution in [0.3, 0.4) is 0 Å². The predicted octanol–water partition coefficient (Wildman–Crippen LogP) is 2.33. The third-order valence-electron chi connectivity index (χ3n) is 4.08. The average molecular weight is 303 g/mol. The zero-order valence-corrected chi connectivity index (χ0v) is 11.7. The molecule has 1 aliphatic carbocycles. The van der Waals surface area contributed by atoms with Gasteiger partial charge in [-0.05, 0) is 11.1 Å². The Bertz CT molecular complexity index is 702. The van der Waals surface area contributed by atoms with Gasteiger partial charge in [-0.1, -0.05) is 24.3 Å². The number of nitrogens with two attached hydrogens (primary N) is 2. The molecule has 0 bridgehead atoms. The van der Waals surface area contributed by atoms with Gasteiger partial charge in [-0.25, -0.2) is 18.7 Å². The molecule has 1 aromatic heterocycles. The van der Waals surface area contributed by atoms with Crippen LogP contribution in [0.5, 0.6) is 0 Å². The van der Waals surface area contributed by atoms with Crippen LogP contribution in [0.2, 0.25) is 0 Å². The molecule has 0 atom stereocenters. The summed E-state index contributed by atoms with van der Waals surface area (Å²) in [7, 11) is 0. The molecular weight excluding hydrogens is 288 g/mol. The molecule has 5 N–H and O–H groups in total. The van der Waals surface area contributed by atoms with Crippen molar-refractivity contribution < 1.29 is 8.78 Å². The van der Waals surface area contributed by atoms with Gasteiger partial charge in [-0.2, -0.15) is 0 Å². The predicted molar refractivity (Wildman–Crippen MR) is 79.7 cm³/mol. The fraction of sp³-hybridized carbons (Fsp3) is 0.267. The van der Waals surface area contributed by atoms with Crippen molar-refractivity contribution in [2.45, 2.75) is 24.2 Å². The lowest BCUT2D eigenvalue weighted by molar-refractivity contribution is -0.105. The highest BCUT2D eigenvalue weighted by Crippen LogP contribution is 2.53. The number of aromatic nitrogens is 2. The summed E-state index contributed by atoms with van der Waals surface area (Å²) in [6, 6.07) is 7.02. The normalized spacial score (nSPS) is 18.5. The summed E-state index contributed by atoms with van der Waals surface area (Å²) in [6.07, 6.45) is 2.35. The fourth-order valence-electron chi connectivity index (χ4n) is 2.85. The summed E-state index contributed by atoms with van der Waals surface area (Å²) in [5.41, 5.74) is 12.2. The summed E-state index contributed by atoms with van der Waals surface area (Å²) in [6.45, 7) is 0. The Morgan fingerprint density at radius 2 is 1.59 bits per heavy atom. The van der Waals surface area contributed by atoms with Crippen LogP contribution in [-0.4, -0.2) is 21.7 Å². The first-order valence-electron chi connectivity index (χ1n) is 6.73. The number of nitrogens with one attached hydrogen (secondary N) is 1. The number of hydrogen-bond acceptors (Lipinski definition) is 4. The Balaban J connectivity index is 1.91. The first-order valence-corrected chi connectivity index (χ1v) is 6.73. The van der Waals surface area contributed by atoms with Crippen molar-refractivity contribution in [3.8, 4) is 11.1 Å². The molecule has 7 heteroatoms. The van der Waals surface area contributed by atoms with Crippen LogP contribution in [0.25, 0.3) is 11.1 Å². The van der Waals surface area contributed by atoms with Gasteiger partial charge >= 0.3 is 0 Å². The van der Waals surface area contributed by atoms with Gasteiger partial charge in [0.2, 0.25) is 5.95 Å². The molecule has 1 fully saturated rings. The molecule has 2 aromatic rings. The second-order valence-corrected chi connectivity index (χ2v) is 5.61. The Hall–Kier alpha value is -2.57. The maximum Gasteiger partial charge on any atom is 0.250 e. The number of nitrogen functional groups attached to an aromatic ring is 1. The van der Waals surface area contributed by atoms with E-state index in [-0.39, 0.29) is 11.8 Å². The molecule has 1 aliphatic rings. The van der Waals surface area contributed by atoms with Crippen molar-refractivity contribution in [3.63, 3.8) is 0 Å². The first kappa shape index (κ1) is 14.4. The Morgan fingerprint density at radius 1 is 1.05 bits per heavy atom. The van der Waals surface area contributed by atoms with Gasteiger partial charge in [0.05, 0.1) is 5.41 Å². The first-order chi connectivity index (χ1) is 10.3. The molecule has 0 spiro atoms. The third kappa shape index (κ3) is 2.28. The smallest absolute Gasteiger partial charge is 0.250 e. The van der Waals surface area contributed by atoms with Crippen LogP contribution in [0.4, 0.5) is 14.7 Å². The quantitative estimate of drug-likeness (QED) is 0.598. The average Bonchev–Trinajstić information content (AvgIpc) is 2.45. The van der Waals surface area contributed by atoms with Gasteiger partial charge in [0.25, 0.3) is 5.92 Å². The van der Waals surface area contributed by atoms with Gasteiger partial charge in [-0.15, -0.1) is 0 Å². The zero-order chi connectivity index (χ0) is 16.0. The number of alkyl halides is 2. The van der Waals surface area contributed by atoms with Gasteiger partial charge in [0, 0.05) is 30.8 Å². The van der Waals surface area contributed by atoms with E-state index in [0.717, 1.165) is 11.1 Å². The molecule has 3 rings (SSSR count). The van der Waals surface area contributed by atoms with Crippen molar-refractivity contribution >= 4 is 11.8 Å². The van der Waals surface area contributed by atoms with Crippen LogP contribution in [0.15, 0.2) is 36.7 Å². The monoisotopic (exact) mass is 303 g/mol. The topological polar surface area (TPSA) is 102 Å². The van der Waals surface area contributed by atoms with Crippen LogP contribution in [-0.2, 0) is 5.41 Å². The highest BCUT2D eigenvalue weighted by atomic mass is 19.3. The summed E-state index contributed by atoms with van der Waals surface area (Å²) in [4.78, 5) is 7.83. The maximum atomic E-state index is 13.3. The molecule has 5 nitrogen and oxygen atoms in total. The van der Waals surface area contributed by atoms with Gasteiger partial charge in [0.15, 0.2) is 0 Å². The fourth-order valence-corrected chi connectivity index (χ4v) is 2.85. The van der Waals surface area contributed by atoms with E-state index in [9.17, 15) is 8.78 Å². The molecule has 22 heavy (non-hydrogen) atoms. The van der Waals surface area contributed by atoms with Crippen molar-refractivity contribution in [2.75, 3.05) is 5.73 Å². The Labute approximate surface area is 125 Å². The Morgan fingerprint density at radius 3 is 2.05 bits per heavy atom. The lowest BCUT2D eigenvalue weighted by atomic mass is 9.61. The van der Waals surface area contributed by atoms with Crippen molar-refractivity contribution in [2.24, 2.45) is 5.73 Å². The number of halogens is 2. The van der Waals surface area contributed by atoms with Crippen molar-refractivity contribution in [3.05, 3.63) is 42.2 Å². The minimum Gasteiger partial charge on any atom is -0.387 e. The van der Waals surface area contributed by atoms with E-state index < -0.39 is 24.2 Å². The number of rotatable bonds is 3. The van der Waals surface area contributed by atoms with Crippen LogP contribution < -0.4 is 11.5 Å². The van der Waals surface area contributed by atoms with Crippen LogP contribution in [0, 0.1) is 5.41 Å². The van der Waals surface area contributed by atoms with Crippen LogP contribution >= 0.6 is 0 Å².